The van der Waals surface area contributed by atoms with Crippen molar-refractivity contribution in [2.75, 3.05) is 6.61 Å². The van der Waals surface area contributed by atoms with Gasteiger partial charge in [0.25, 0.3) is 0 Å². The minimum Gasteiger partial charge on any atom is -0.416 e. The van der Waals surface area contributed by atoms with E-state index in [1.807, 2.05) is 0 Å². The van der Waals surface area contributed by atoms with Crippen LogP contribution in [0.1, 0.15) is 6.92 Å². The number of epoxide rings is 1. The maximum atomic E-state index is 11.0. The van der Waals surface area contributed by atoms with E-state index in [4.69, 9.17) is 9.47 Å². The summed E-state index contributed by atoms with van der Waals surface area (Å²) in [6.45, 7) is 8.98. The van der Waals surface area contributed by atoms with Gasteiger partial charge in [-0.1, -0.05) is 18.9 Å². The lowest BCUT2D eigenvalue weighted by Crippen LogP contribution is -2.07. The maximum Gasteiger partial charge on any atom is 0.338 e. The summed E-state index contributed by atoms with van der Waals surface area (Å²) < 4.78 is 9.76. The molecule has 0 amide bonds. The summed E-state index contributed by atoms with van der Waals surface area (Å²) in [7, 11) is 0. The molecule has 0 aromatic carbocycles. The number of hydrogen-bond acceptors (Lipinski definition) is 3. The topological polar surface area (TPSA) is 38.8 Å². The van der Waals surface area contributed by atoms with E-state index in [-0.39, 0.29) is 6.10 Å². The van der Waals surface area contributed by atoms with E-state index >= 15 is 0 Å². The third kappa shape index (κ3) is 2.09. The highest BCUT2D eigenvalue weighted by Gasteiger charge is 2.30. The van der Waals surface area contributed by atoms with Crippen LogP contribution in [0.25, 0.3) is 0 Å². The van der Waals surface area contributed by atoms with Gasteiger partial charge in [0.1, 0.15) is 6.10 Å². The van der Waals surface area contributed by atoms with E-state index in [1.54, 1.807) is 6.92 Å². The van der Waals surface area contributed by atoms with Crippen LogP contribution in [0.15, 0.2) is 30.2 Å². The molecular formula is C9H10O3. The molecule has 1 unspecified atom stereocenters. The predicted octanol–water partition coefficient (Wildman–Crippen LogP) is 1.17. The second-order valence-electron chi connectivity index (χ2n) is 2.53. The predicted molar refractivity (Wildman–Crippen MR) is 43.3 cm³/mol. The molecule has 1 fully saturated rings. The van der Waals surface area contributed by atoms with Gasteiger partial charge in [-0.2, -0.15) is 0 Å². The molecule has 0 aromatic rings. The van der Waals surface area contributed by atoms with Crippen molar-refractivity contribution < 1.29 is 14.3 Å². The first-order valence-corrected chi connectivity index (χ1v) is 3.54. The highest BCUT2D eigenvalue weighted by molar-refractivity contribution is 5.87. The molecule has 1 atom stereocenters. The van der Waals surface area contributed by atoms with E-state index in [1.165, 1.54) is 0 Å². The van der Waals surface area contributed by atoms with Gasteiger partial charge in [-0.15, -0.1) is 0 Å². The van der Waals surface area contributed by atoms with Crippen LogP contribution in [0, 0.1) is 0 Å². The summed E-state index contributed by atoms with van der Waals surface area (Å²) in [5.41, 5.74) is 2.86. The lowest BCUT2D eigenvalue weighted by atomic mass is 10.3. The Labute approximate surface area is 71.0 Å². The summed E-state index contributed by atoms with van der Waals surface area (Å²) in [6, 6.07) is 0. The van der Waals surface area contributed by atoms with E-state index in [0.717, 1.165) is 0 Å². The van der Waals surface area contributed by atoms with Crippen LogP contribution in [-0.2, 0) is 14.3 Å². The van der Waals surface area contributed by atoms with Crippen LogP contribution in [-0.4, -0.2) is 18.7 Å². The Bertz CT molecular complexity index is 267. The fourth-order valence-electron chi connectivity index (χ4n) is 0.602. The van der Waals surface area contributed by atoms with E-state index in [2.05, 4.69) is 18.9 Å². The Morgan fingerprint density at radius 3 is 2.67 bits per heavy atom. The zero-order valence-corrected chi connectivity index (χ0v) is 6.92. The van der Waals surface area contributed by atoms with Crippen molar-refractivity contribution in [2.24, 2.45) is 0 Å². The van der Waals surface area contributed by atoms with Crippen molar-refractivity contribution in [1.29, 1.82) is 0 Å². The highest BCUT2D eigenvalue weighted by atomic mass is 16.6. The summed E-state index contributed by atoms with van der Waals surface area (Å²) in [4.78, 5) is 11.0. The second-order valence-corrected chi connectivity index (χ2v) is 2.53. The Morgan fingerprint density at radius 2 is 2.33 bits per heavy atom. The normalized spacial score (nSPS) is 19.2. The number of rotatable bonds is 3. The molecule has 1 saturated heterocycles. The molecule has 3 nitrogen and oxygen atoms in total. The number of carbonyl (C=O) groups excluding carboxylic acids is 1. The van der Waals surface area contributed by atoms with Gasteiger partial charge in [-0.05, 0) is 6.92 Å². The monoisotopic (exact) mass is 166 g/mol. The number of hydrogen-bond donors (Lipinski definition) is 0. The number of esters is 1. The molecule has 0 radical (unpaired) electrons. The Hall–Kier alpha value is -1.31. The number of carbonyl (C=O) groups is 1. The van der Waals surface area contributed by atoms with Crippen LogP contribution in [0.4, 0.5) is 0 Å². The smallest absolute Gasteiger partial charge is 0.338 e. The highest BCUT2D eigenvalue weighted by Crippen LogP contribution is 2.20. The molecule has 12 heavy (non-hydrogen) atoms. The fourth-order valence-corrected chi connectivity index (χ4v) is 0.602. The molecule has 0 saturated carbocycles. The SMILES string of the molecule is C=C=C(OC(=O)C(=C)C)C1CO1. The molecule has 0 N–H and O–H groups in total. The van der Waals surface area contributed by atoms with Crippen molar-refractivity contribution >= 4 is 5.97 Å². The van der Waals surface area contributed by atoms with Gasteiger partial charge < -0.3 is 9.47 Å². The largest absolute Gasteiger partial charge is 0.416 e. The Kier molecular flexibility index (Phi) is 2.48. The molecule has 1 heterocycles. The molecule has 1 aliphatic rings. The molecule has 1 aliphatic heterocycles. The van der Waals surface area contributed by atoms with Crippen molar-refractivity contribution in [3.8, 4) is 0 Å². The van der Waals surface area contributed by atoms with Gasteiger partial charge in [0.05, 0.1) is 6.61 Å². The minimum atomic E-state index is -0.461. The van der Waals surface area contributed by atoms with Crippen molar-refractivity contribution in [1.82, 2.24) is 0 Å². The molecule has 0 aliphatic carbocycles. The Morgan fingerprint density at radius 1 is 1.75 bits per heavy atom. The summed E-state index contributed by atoms with van der Waals surface area (Å²) in [5, 5.41) is 0. The third-order valence-electron chi connectivity index (χ3n) is 1.35. The van der Waals surface area contributed by atoms with Crippen molar-refractivity contribution in [3.63, 3.8) is 0 Å². The van der Waals surface area contributed by atoms with Gasteiger partial charge in [-0.25, -0.2) is 4.79 Å². The molecule has 3 heteroatoms. The van der Waals surface area contributed by atoms with Gasteiger partial charge in [0, 0.05) is 5.57 Å². The van der Waals surface area contributed by atoms with Gasteiger partial charge in [-0.3, -0.25) is 0 Å². The second kappa shape index (κ2) is 3.39. The molecule has 1 rings (SSSR count). The zero-order chi connectivity index (χ0) is 9.14. The lowest BCUT2D eigenvalue weighted by molar-refractivity contribution is -0.135. The minimum absolute atomic E-state index is 0.134. The first-order chi connectivity index (χ1) is 5.65. The van der Waals surface area contributed by atoms with Gasteiger partial charge in [0.2, 0.25) is 0 Å². The quantitative estimate of drug-likeness (QED) is 0.208. The third-order valence-corrected chi connectivity index (χ3v) is 1.35. The maximum absolute atomic E-state index is 11.0. The van der Waals surface area contributed by atoms with Crippen LogP contribution in [0.3, 0.4) is 0 Å². The molecule has 0 bridgehead atoms. The van der Waals surface area contributed by atoms with Crippen LogP contribution < -0.4 is 0 Å². The summed E-state index contributed by atoms with van der Waals surface area (Å²) in [5.74, 6) is -0.111. The summed E-state index contributed by atoms with van der Waals surface area (Å²) in [6.07, 6.45) is -0.134. The molecule has 0 spiro atoms. The van der Waals surface area contributed by atoms with E-state index < -0.39 is 5.97 Å². The van der Waals surface area contributed by atoms with Gasteiger partial charge >= 0.3 is 5.97 Å². The fraction of sp³-hybridized carbons (Fsp3) is 0.333. The zero-order valence-electron chi connectivity index (χ0n) is 6.92. The molecule has 64 valence electrons. The van der Waals surface area contributed by atoms with Crippen molar-refractivity contribution in [2.45, 2.75) is 13.0 Å². The first kappa shape index (κ1) is 8.78. The average Bonchev–Trinajstić information content (AvgIpc) is 2.82. The van der Waals surface area contributed by atoms with Gasteiger partial charge in [0.15, 0.2) is 5.76 Å². The molecular weight excluding hydrogens is 156 g/mol. The van der Waals surface area contributed by atoms with Crippen LogP contribution >= 0.6 is 0 Å². The van der Waals surface area contributed by atoms with Crippen LogP contribution in [0.2, 0.25) is 0 Å². The standard InChI is InChI=1S/C9H10O3/c1-4-7(8-5-11-8)12-9(10)6(2)3/h8H,1-2,5H2,3H3. The first-order valence-electron chi connectivity index (χ1n) is 3.54. The Balaban J connectivity index is 2.54. The van der Waals surface area contributed by atoms with Crippen molar-refractivity contribution in [3.05, 3.63) is 30.2 Å². The number of ether oxygens (including phenoxy) is 2. The lowest BCUT2D eigenvalue weighted by Gasteiger charge is -2.02. The van der Waals surface area contributed by atoms with Crippen LogP contribution in [0.5, 0.6) is 0 Å². The van der Waals surface area contributed by atoms with E-state index in [9.17, 15) is 4.79 Å². The molecule has 0 aromatic heterocycles. The average molecular weight is 166 g/mol. The van der Waals surface area contributed by atoms with E-state index in [0.29, 0.717) is 17.9 Å². The summed E-state index contributed by atoms with van der Waals surface area (Å²) >= 11 is 0.